The Hall–Kier alpha value is -2.22. The number of aromatic amines is 1. The van der Waals surface area contributed by atoms with Crippen molar-refractivity contribution in [1.82, 2.24) is 25.4 Å². The van der Waals surface area contributed by atoms with Crippen LogP contribution in [0.1, 0.15) is 44.1 Å². The van der Waals surface area contributed by atoms with Gasteiger partial charge in [0.1, 0.15) is 18.1 Å². The molecule has 2 rings (SSSR count). The molecule has 2 aromatic heterocycles. The van der Waals surface area contributed by atoms with Gasteiger partial charge in [0.15, 0.2) is 11.6 Å². The Labute approximate surface area is 135 Å². The van der Waals surface area contributed by atoms with Crippen LogP contribution < -0.4 is 10.1 Å². The normalized spacial score (nSPS) is 12.1. The molecule has 1 atom stereocenters. The summed E-state index contributed by atoms with van der Waals surface area (Å²) in [5, 5.41) is 22.8. The van der Waals surface area contributed by atoms with Crippen LogP contribution >= 0.6 is 0 Å². The van der Waals surface area contributed by atoms with Gasteiger partial charge in [0.25, 0.3) is 0 Å². The van der Waals surface area contributed by atoms with Gasteiger partial charge in [-0.25, -0.2) is 9.97 Å². The van der Waals surface area contributed by atoms with E-state index >= 15 is 0 Å². The Morgan fingerprint density at radius 1 is 1.39 bits per heavy atom. The fourth-order valence-corrected chi connectivity index (χ4v) is 2.20. The van der Waals surface area contributed by atoms with Crippen LogP contribution in [0.2, 0.25) is 0 Å². The molecule has 0 spiro atoms. The Morgan fingerprint density at radius 2 is 2.26 bits per heavy atom. The first-order valence-corrected chi connectivity index (χ1v) is 7.92. The summed E-state index contributed by atoms with van der Waals surface area (Å²) in [6.07, 6.45) is 7.19. The Bertz CT molecular complexity index is 575. The lowest BCUT2D eigenvalue weighted by Crippen LogP contribution is -2.22. The molecule has 2 aromatic rings. The van der Waals surface area contributed by atoms with Crippen molar-refractivity contribution in [2.75, 3.05) is 11.9 Å². The Morgan fingerprint density at radius 3 is 2.96 bits per heavy atom. The molecule has 0 fully saturated rings. The number of aromatic nitrogens is 5. The fourth-order valence-electron chi connectivity index (χ4n) is 2.20. The number of nitrogens with one attached hydrogen (secondary N) is 2. The smallest absolute Gasteiger partial charge is 0.180 e. The molecule has 2 heterocycles. The molecule has 0 bridgehead atoms. The number of rotatable bonds is 10. The third-order valence-corrected chi connectivity index (χ3v) is 3.44. The van der Waals surface area contributed by atoms with Gasteiger partial charge in [-0.2, -0.15) is 0 Å². The van der Waals surface area contributed by atoms with E-state index in [0.717, 1.165) is 19.3 Å². The van der Waals surface area contributed by atoms with E-state index in [2.05, 4.69) is 37.6 Å². The van der Waals surface area contributed by atoms with Gasteiger partial charge in [-0.3, -0.25) is 5.10 Å². The summed E-state index contributed by atoms with van der Waals surface area (Å²) in [6, 6.07) is 0.156. The third-order valence-electron chi connectivity index (χ3n) is 3.44. The number of aliphatic hydroxyl groups excluding tert-OH is 1. The molecule has 0 aliphatic carbocycles. The molecule has 0 aliphatic heterocycles. The molecule has 23 heavy (non-hydrogen) atoms. The zero-order valence-electron chi connectivity index (χ0n) is 13.6. The van der Waals surface area contributed by atoms with E-state index in [9.17, 15) is 5.11 Å². The molecule has 0 aromatic carbocycles. The standard InChI is InChI=1S/C15H24N6O2/c1-3-4-5-12(6-7-22)19-15-14(9-16-11(2)18-15)23-10-13-8-17-21-20-13/h8-9,12,22H,3-7,10H2,1-2H3,(H,16,18,19)(H,17,20,21). The van der Waals surface area contributed by atoms with E-state index in [-0.39, 0.29) is 19.3 Å². The number of hydrogen-bond acceptors (Lipinski definition) is 7. The van der Waals surface area contributed by atoms with Crippen LogP contribution in [0, 0.1) is 6.92 Å². The Kier molecular flexibility index (Phi) is 6.74. The lowest BCUT2D eigenvalue weighted by Gasteiger charge is -2.20. The molecule has 8 nitrogen and oxygen atoms in total. The van der Waals surface area contributed by atoms with Crippen LogP contribution in [0.25, 0.3) is 0 Å². The van der Waals surface area contributed by atoms with Crippen molar-refractivity contribution in [1.29, 1.82) is 0 Å². The molecule has 0 amide bonds. The molecule has 0 saturated carbocycles. The number of aryl methyl sites for hydroxylation is 1. The minimum Gasteiger partial charge on any atom is -0.482 e. The summed E-state index contributed by atoms with van der Waals surface area (Å²) in [4.78, 5) is 8.62. The summed E-state index contributed by atoms with van der Waals surface area (Å²) in [6.45, 7) is 4.41. The minimum atomic E-state index is 0.139. The van der Waals surface area contributed by atoms with Gasteiger partial charge in [-0.1, -0.05) is 25.0 Å². The van der Waals surface area contributed by atoms with Crippen molar-refractivity contribution in [2.45, 2.75) is 52.2 Å². The van der Waals surface area contributed by atoms with Gasteiger partial charge in [0.05, 0.1) is 6.20 Å². The number of aliphatic hydroxyl groups is 1. The summed E-state index contributed by atoms with van der Waals surface area (Å²) in [5.74, 6) is 1.88. The zero-order valence-corrected chi connectivity index (χ0v) is 13.6. The number of hydrogen-bond donors (Lipinski definition) is 3. The molecule has 8 heteroatoms. The van der Waals surface area contributed by atoms with E-state index < -0.39 is 0 Å². The maximum absolute atomic E-state index is 9.24. The maximum atomic E-state index is 9.24. The number of ether oxygens (including phenoxy) is 1. The van der Waals surface area contributed by atoms with Crippen LogP contribution in [0.15, 0.2) is 12.4 Å². The highest BCUT2D eigenvalue weighted by atomic mass is 16.5. The number of anilines is 1. The van der Waals surface area contributed by atoms with Gasteiger partial charge in [-0.15, -0.1) is 5.10 Å². The van der Waals surface area contributed by atoms with E-state index in [4.69, 9.17) is 4.74 Å². The van der Waals surface area contributed by atoms with Crippen molar-refractivity contribution in [3.8, 4) is 5.75 Å². The second-order valence-electron chi connectivity index (χ2n) is 5.38. The van der Waals surface area contributed by atoms with Crippen molar-refractivity contribution < 1.29 is 9.84 Å². The van der Waals surface area contributed by atoms with Gasteiger partial charge in [0, 0.05) is 18.8 Å². The topological polar surface area (TPSA) is 109 Å². The highest BCUT2D eigenvalue weighted by molar-refractivity contribution is 5.49. The first-order chi connectivity index (χ1) is 11.2. The van der Waals surface area contributed by atoms with E-state index in [1.807, 2.05) is 6.92 Å². The molecule has 0 aliphatic rings. The summed E-state index contributed by atoms with van der Waals surface area (Å²) in [7, 11) is 0. The molecular weight excluding hydrogens is 296 g/mol. The second-order valence-corrected chi connectivity index (χ2v) is 5.38. The first kappa shape index (κ1) is 17.1. The van der Waals surface area contributed by atoms with Crippen LogP contribution in [0.3, 0.4) is 0 Å². The van der Waals surface area contributed by atoms with Gasteiger partial charge in [0.2, 0.25) is 0 Å². The number of nitrogens with zero attached hydrogens (tertiary/aromatic N) is 4. The quantitative estimate of drug-likeness (QED) is 0.612. The average Bonchev–Trinajstić information content (AvgIpc) is 3.05. The molecular formula is C15H24N6O2. The van der Waals surface area contributed by atoms with Crippen molar-refractivity contribution in [2.24, 2.45) is 0 Å². The highest BCUT2D eigenvalue weighted by Gasteiger charge is 2.14. The average molecular weight is 320 g/mol. The van der Waals surface area contributed by atoms with Crippen LogP contribution in [0.5, 0.6) is 5.75 Å². The maximum Gasteiger partial charge on any atom is 0.180 e. The SMILES string of the molecule is CCCCC(CCO)Nc1nc(C)ncc1OCc1c[nH]nn1. The van der Waals surface area contributed by atoms with Crippen molar-refractivity contribution >= 4 is 5.82 Å². The van der Waals surface area contributed by atoms with E-state index in [1.165, 1.54) is 0 Å². The van der Waals surface area contributed by atoms with Gasteiger partial charge < -0.3 is 15.2 Å². The van der Waals surface area contributed by atoms with Crippen LogP contribution in [-0.4, -0.2) is 43.1 Å². The van der Waals surface area contributed by atoms with Crippen molar-refractivity contribution in [3.63, 3.8) is 0 Å². The highest BCUT2D eigenvalue weighted by Crippen LogP contribution is 2.24. The van der Waals surface area contributed by atoms with Gasteiger partial charge in [-0.05, 0) is 19.8 Å². The van der Waals surface area contributed by atoms with E-state index in [0.29, 0.717) is 29.5 Å². The lowest BCUT2D eigenvalue weighted by molar-refractivity contribution is 0.275. The van der Waals surface area contributed by atoms with E-state index in [1.54, 1.807) is 12.4 Å². The minimum absolute atomic E-state index is 0.139. The predicted molar refractivity (Wildman–Crippen MR) is 86.1 cm³/mol. The molecule has 0 saturated heterocycles. The van der Waals surface area contributed by atoms with Crippen LogP contribution in [0.4, 0.5) is 5.82 Å². The van der Waals surface area contributed by atoms with Crippen molar-refractivity contribution in [3.05, 3.63) is 23.9 Å². The van der Waals surface area contributed by atoms with Gasteiger partial charge >= 0.3 is 0 Å². The molecule has 126 valence electrons. The Balaban J connectivity index is 2.06. The van der Waals surface area contributed by atoms with Crippen LogP contribution in [-0.2, 0) is 6.61 Å². The first-order valence-electron chi connectivity index (χ1n) is 7.92. The molecule has 3 N–H and O–H groups in total. The predicted octanol–water partition coefficient (Wildman–Crippen LogP) is 1.84. The largest absolute Gasteiger partial charge is 0.482 e. The second kappa shape index (κ2) is 9.04. The summed E-state index contributed by atoms with van der Waals surface area (Å²) >= 11 is 0. The molecule has 1 unspecified atom stereocenters. The lowest BCUT2D eigenvalue weighted by atomic mass is 10.1. The number of unbranched alkanes of at least 4 members (excludes halogenated alkanes) is 1. The monoisotopic (exact) mass is 320 g/mol. The summed E-state index contributed by atoms with van der Waals surface area (Å²) < 4.78 is 5.75. The zero-order chi connectivity index (χ0) is 16.5. The number of H-pyrrole nitrogens is 1. The summed E-state index contributed by atoms with van der Waals surface area (Å²) in [5.41, 5.74) is 0.703. The molecule has 0 radical (unpaired) electrons. The fraction of sp³-hybridized carbons (Fsp3) is 0.600. The third kappa shape index (κ3) is 5.48.